The maximum atomic E-state index is 12.2. The van der Waals surface area contributed by atoms with E-state index in [0.717, 1.165) is 11.1 Å². The minimum absolute atomic E-state index is 0.279. The molecule has 0 aliphatic rings. The third-order valence-corrected chi connectivity index (χ3v) is 3.87. The Morgan fingerprint density at radius 1 is 1.09 bits per heavy atom. The van der Waals surface area contributed by atoms with E-state index in [2.05, 4.69) is 10.6 Å². The van der Waals surface area contributed by atoms with Crippen molar-refractivity contribution in [2.45, 2.75) is 26.8 Å². The third-order valence-electron chi connectivity index (χ3n) is 3.46. The van der Waals surface area contributed by atoms with Gasteiger partial charge in [-0.3, -0.25) is 9.59 Å². The second-order valence-electron chi connectivity index (χ2n) is 5.52. The lowest BCUT2D eigenvalue weighted by Gasteiger charge is -2.15. The van der Waals surface area contributed by atoms with Crippen LogP contribution in [0.2, 0.25) is 5.02 Å². The Kier molecular flexibility index (Phi) is 5.40. The molecule has 5 heteroatoms. The smallest absolute Gasteiger partial charge is 0.251 e. The van der Waals surface area contributed by atoms with E-state index >= 15 is 0 Å². The Hall–Kier alpha value is -2.33. The second-order valence-corrected chi connectivity index (χ2v) is 5.93. The van der Waals surface area contributed by atoms with E-state index in [1.807, 2.05) is 32.0 Å². The molecule has 0 saturated heterocycles. The van der Waals surface area contributed by atoms with Gasteiger partial charge in [-0.15, -0.1) is 0 Å². The Morgan fingerprint density at radius 2 is 1.83 bits per heavy atom. The molecule has 2 rings (SSSR count). The molecule has 4 nitrogen and oxygen atoms in total. The summed E-state index contributed by atoms with van der Waals surface area (Å²) in [5.41, 5.74) is 3.06. The fourth-order valence-corrected chi connectivity index (χ4v) is 2.23. The molecule has 0 aromatic heterocycles. The van der Waals surface area contributed by atoms with Gasteiger partial charge in [0, 0.05) is 16.3 Å². The van der Waals surface area contributed by atoms with Crippen molar-refractivity contribution in [2.75, 3.05) is 5.32 Å². The standard InChI is InChI=1S/C18H19ClN2O2/c1-11-5-4-6-14(9-11)18(23)20-13(3)17(22)21-15-8-7-12(2)16(19)10-15/h4-10,13H,1-3H3,(H,20,23)(H,21,22). The molecule has 0 heterocycles. The van der Waals surface area contributed by atoms with Crippen molar-refractivity contribution in [3.8, 4) is 0 Å². The van der Waals surface area contributed by atoms with Gasteiger partial charge in [-0.25, -0.2) is 0 Å². The SMILES string of the molecule is Cc1cccc(C(=O)NC(C)C(=O)Nc2ccc(C)c(Cl)c2)c1. The number of amides is 2. The minimum Gasteiger partial charge on any atom is -0.341 e. The molecule has 2 aromatic rings. The number of hydrogen-bond acceptors (Lipinski definition) is 2. The lowest BCUT2D eigenvalue weighted by molar-refractivity contribution is -0.117. The first-order chi connectivity index (χ1) is 10.9. The molecular formula is C18H19ClN2O2. The zero-order chi connectivity index (χ0) is 17.0. The van der Waals surface area contributed by atoms with Crippen LogP contribution in [0.3, 0.4) is 0 Å². The summed E-state index contributed by atoms with van der Waals surface area (Å²) in [6.07, 6.45) is 0. The number of nitrogens with one attached hydrogen (secondary N) is 2. The van der Waals surface area contributed by atoms with Gasteiger partial charge in [0.15, 0.2) is 0 Å². The van der Waals surface area contributed by atoms with Gasteiger partial charge in [0.1, 0.15) is 6.04 Å². The van der Waals surface area contributed by atoms with Crippen LogP contribution in [-0.2, 0) is 4.79 Å². The van der Waals surface area contributed by atoms with Crippen LogP contribution >= 0.6 is 11.6 Å². The number of aryl methyl sites for hydroxylation is 2. The fraction of sp³-hybridized carbons (Fsp3) is 0.222. The van der Waals surface area contributed by atoms with Crippen LogP contribution in [0, 0.1) is 13.8 Å². The molecule has 0 bridgehead atoms. The predicted octanol–water partition coefficient (Wildman–Crippen LogP) is 3.71. The van der Waals surface area contributed by atoms with E-state index in [1.54, 1.807) is 31.2 Å². The van der Waals surface area contributed by atoms with Crippen LogP contribution < -0.4 is 10.6 Å². The largest absolute Gasteiger partial charge is 0.341 e. The summed E-state index contributed by atoms with van der Waals surface area (Å²) in [6.45, 7) is 5.44. The zero-order valence-corrected chi connectivity index (χ0v) is 14.1. The lowest BCUT2D eigenvalue weighted by Crippen LogP contribution is -2.41. The molecular weight excluding hydrogens is 312 g/mol. The number of anilines is 1. The Morgan fingerprint density at radius 3 is 2.48 bits per heavy atom. The minimum atomic E-state index is -0.664. The van der Waals surface area contributed by atoms with E-state index in [4.69, 9.17) is 11.6 Å². The fourth-order valence-electron chi connectivity index (χ4n) is 2.05. The van der Waals surface area contributed by atoms with Gasteiger partial charge >= 0.3 is 0 Å². The predicted molar refractivity (Wildman–Crippen MR) is 92.9 cm³/mol. The number of benzene rings is 2. The topological polar surface area (TPSA) is 58.2 Å². The Bertz CT molecular complexity index is 744. The van der Waals surface area contributed by atoms with Crippen LogP contribution in [0.1, 0.15) is 28.4 Å². The summed E-state index contributed by atoms with van der Waals surface area (Å²) in [4.78, 5) is 24.3. The van der Waals surface area contributed by atoms with Gasteiger partial charge in [0.05, 0.1) is 0 Å². The van der Waals surface area contributed by atoms with E-state index in [-0.39, 0.29) is 11.8 Å². The maximum Gasteiger partial charge on any atom is 0.251 e. The van der Waals surface area contributed by atoms with Crippen molar-refractivity contribution in [2.24, 2.45) is 0 Å². The van der Waals surface area contributed by atoms with Gasteiger partial charge in [0.25, 0.3) is 5.91 Å². The molecule has 2 N–H and O–H groups in total. The van der Waals surface area contributed by atoms with Crippen LogP contribution in [0.5, 0.6) is 0 Å². The van der Waals surface area contributed by atoms with Crippen molar-refractivity contribution in [1.82, 2.24) is 5.32 Å². The van der Waals surface area contributed by atoms with E-state index < -0.39 is 6.04 Å². The maximum absolute atomic E-state index is 12.2. The van der Waals surface area contributed by atoms with Crippen LogP contribution in [0.25, 0.3) is 0 Å². The van der Waals surface area contributed by atoms with Crippen LogP contribution in [-0.4, -0.2) is 17.9 Å². The average Bonchev–Trinajstić information content (AvgIpc) is 2.50. The van der Waals surface area contributed by atoms with Crippen molar-refractivity contribution in [3.63, 3.8) is 0 Å². The Balaban J connectivity index is 1.99. The van der Waals surface area contributed by atoms with Gasteiger partial charge in [0.2, 0.25) is 5.91 Å². The summed E-state index contributed by atoms with van der Waals surface area (Å²) < 4.78 is 0. The second kappa shape index (κ2) is 7.29. The molecule has 1 atom stereocenters. The van der Waals surface area contributed by atoms with E-state index in [0.29, 0.717) is 16.3 Å². The molecule has 0 aliphatic heterocycles. The molecule has 0 fully saturated rings. The highest BCUT2D eigenvalue weighted by molar-refractivity contribution is 6.31. The van der Waals surface area contributed by atoms with Crippen molar-refractivity contribution in [3.05, 3.63) is 64.2 Å². The molecule has 0 radical (unpaired) electrons. The first kappa shape index (κ1) is 17.0. The molecule has 23 heavy (non-hydrogen) atoms. The van der Waals surface area contributed by atoms with E-state index in [1.165, 1.54) is 0 Å². The number of rotatable bonds is 4. The molecule has 0 saturated carbocycles. The van der Waals surface area contributed by atoms with Crippen LogP contribution in [0.4, 0.5) is 5.69 Å². The highest BCUT2D eigenvalue weighted by atomic mass is 35.5. The lowest BCUT2D eigenvalue weighted by atomic mass is 10.1. The average molecular weight is 331 g/mol. The first-order valence-electron chi connectivity index (χ1n) is 7.31. The summed E-state index contributed by atoms with van der Waals surface area (Å²) in [7, 11) is 0. The molecule has 2 aromatic carbocycles. The van der Waals surface area contributed by atoms with Crippen molar-refractivity contribution >= 4 is 29.1 Å². The quantitative estimate of drug-likeness (QED) is 0.897. The summed E-state index contributed by atoms with van der Waals surface area (Å²) in [6, 6.07) is 11.8. The third kappa shape index (κ3) is 4.57. The van der Waals surface area contributed by atoms with Crippen molar-refractivity contribution < 1.29 is 9.59 Å². The molecule has 2 amide bonds. The highest BCUT2D eigenvalue weighted by Crippen LogP contribution is 2.20. The number of carbonyl (C=O) groups excluding carboxylic acids is 2. The van der Waals surface area contributed by atoms with Gasteiger partial charge in [-0.1, -0.05) is 35.4 Å². The monoisotopic (exact) mass is 330 g/mol. The molecule has 0 aliphatic carbocycles. The summed E-state index contributed by atoms with van der Waals surface area (Å²) in [5.74, 6) is -0.579. The number of hydrogen-bond donors (Lipinski definition) is 2. The first-order valence-corrected chi connectivity index (χ1v) is 7.69. The Labute approximate surface area is 140 Å². The van der Waals surface area contributed by atoms with Crippen LogP contribution in [0.15, 0.2) is 42.5 Å². The highest BCUT2D eigenvalue weighted by Gasteiger charge is 2.17. The number of halogens is 1. The molecule has 0 spiro atoms. The van der Waals surface area contributed by atoms with Gasteiger partial charge in [-0.2, -0.15) is 0 Å². The van der Waals surface area contributed by atoms with E-state index in [9.17, 15) is 9.59 Å². The summed E-state index contributed by atoms with van der Waals surface area (Å²) in [5, 5.41) is 6.01. The van der Waals surface area contributed by atoms with Gasteiger partial charge in [-0.05, 0) is 50.6 Å². The summed E-state index contributed by atoms with van der Waals surface area (Å²) >= 11 is 6.03. The normalized spacial score (nSPS) is 11.7. The van der Waals surface area contributed by atoms with Gasteiger partial charge < -0.3 is 10.6 Å². The van der Waals surface area contributed by atoms with Crippen molar-refractivity contribution in [1.29, 1.82) is 0 Å². The molecule has 120 valence electrons. The molecule has 1 unspecified atom stereocenters. The zero-order valence-electron chi connectivity index (χ0n) is 13.3. The number of carbonyl (C=O) groups is 2.